The number of allylic oxidation sites excluding steroid dienone is 1. The highest BCUT2D eigenvalue weighted by Crippen LogP contribution is 2.42. The second-order valence-electron chi connectivity index (χ2n) is 6.87. The number of hydrogen-bond acceptors (Lipinski definition) is 3. The first-order valence-corrected chi connectivity index (χ1v) is 9.83. The predicted octanol–water partition coefficient (Wildman–Crippen LogP) is 4.01. The lowest BCUT2D eigenvalue weighted by molar-refractivity contribution is 0.511. The molecule has 0 aliphatic carbocycles. The van der Waals surface area contributed by atoms with Crippen molar-refractivity contribution in [3.8, 4) is 0 Å². The first-order chi connectivity index (χ1) is 11.7. The molecule has 1 aliphatic rings. The first kappa shape index (κ1) is 17.7. The molecule has 0 unspecified atom stereocenters. The molecule has 2 aromatic rings. The van der Waals surface area contributed by atoms with Gasteiger partial charge in [-0.15, -0.1) is 0 Å². The molecule has 0 fully saturated rings. The molecule has 132 valence electrons. The Bertz CT molecular complexity index is 916. The topological polar surface area (TPSA) is 49.4 Å². The second-order valence-corrected chi connectivity index (χ2v) is 8.64. The fourth-order valence-electron chi connectivity index (χ4n) is 3.31. The summed E-state index contributed by atoms with van der Waals surface area (Å²) in [5.41, 5.74) is 4.41. The quantitative estimate of drug-likeness (QED) is 0.900. The van der Waals surface area contributed by atoms with Crippen LogP contribution in [0, 0.1) is 0 Å². The summed E-state index contributed by atoms with van der Waals surface area (Å²) in [6.45, 7) is 8.70. The largest absolute Gasteiger partial charge is 0.348 e. The Hall–Kier alpha value is -2.11. The van der Waals surface area contributed by atoms with E-state index in [1.165, 1.54) is 11.1 Å². The maximum Gasteiger partial charge on any atom is 0.242 e. The van der Waals surface area contributed by atoms with E-state index in [0.717, 1.165) is 11.3 Å². The third kappa shape index (κ3) is 3.10. The highest BCUT2D eigenvalue weighted by atomic mass is 32.2. The van der Waals surface area contributed by atoms with Gasteiger partial charge in [0, 0.05) is 11.3 Å². The third-order valence-corrected chi connectivity index (χ3v) is 6.62. The molecule has 5 heteroatoms. The van der Waals surface area contributed by atoms with E-state index in [4.69, 9.17) is 0 Å². The SMILES string of the molecule is CC1=C(C)C(C)(C)N(CNS(=O)(=O)c2ccccc2)c2ccccc21. The van der Waals surface area contributed by atoms with E-state index in [9.17, 15) is 8.42 Å². The summed E-state index contributed by atoms with van der Waals surface area (Å²) in [7, 11) is -3.55. The van der Waals surface area contributed by atoms with Crippen LogP contribution in [0.3, 0.4) is 0 Å². The minimum absolute atomic E-state index is 0.214. The van der Waals surface area contributed by atoms with Crippen LogP contribution in [0.2, 0.25) is 0 Å². The smallest absolute Gasteiger partial charge is 0.242 e. The van der Waals surface area contributed by atoms with E-state index in [0.29, 0.717) is 0 Å². The first-order valence-electron chi connectivity index (χ1n) is 8.35. The van der Waals surface area contributed by atoms with E-state index in [2.05, 4.69) is 43.4 Å². The van der Waals surface area contributed by atoms with Crippen molar-refractivity contribution < 1.29 is 8.42 Å². The van der Waals surface area contributed by atoms with Gasteiger partial charge in [-0.1, -0.05) is 36.4 Å². The van der Waals surface area contributed by atoms with Gasteiger partial charge in [0.05, 0.1) is 17.1 Å². The van der Waals surface area contributed by atoms with Crippen LogP contribution in [0.1, 0.15) is 33.3 Å². The van der Waals surface area contributed by atoms with Gasteiger partial charge in [0.1, 0.15) is 0 Å². The van der Waals surface area contributed by atoms with Crippen molar-refractivity contribution in [3.63, 3.8) is 0 Å². The number of benzene rings is 2. The predicted molar refractivity (Wildman–Crippen MR) is 103 cm³/mol. The molecule has 0 radical (unpaired) electrons. The molecule has 1 heterocycles. The maximum absolute atomic E-state index is 12.6. The number of nitrogens with zero attached hydrogens (tertiary/aromatic N) is 1. The standard InChI is InChI=1S/C20H24N2O2S/c1-15-16(2)20(3,4)22(19-13-9-8-12-18(15)19)14-21-25(23,24)17-10-6-5-7-11-17/h5-13,21H,14H2,1-4H3. The van der Waals surface area contributed by atoms with Gasteiger partial charge >= 0.3 is 0 Å². The number of hydrogen-bond donors (Lipinski definition) is 1. The zero-order valence-electron chi connectivity index (χ0n) is 15.1. The molecule has 0 aromatic heterocycles. The number of nitrogens with one attached hydrogen (secondary N) is 1. The van der Waals surface area contributed by atoms with Crippen LogP contribution >= 0.6 is 0 Å². The summed E-state index contributed by atoms with van der Waals surface area (Å²) in [6.07, 6.45) is 0. The van der Waals surface area contributed by atoms with Crippen LogP contribution in [0.15, 0.2) is 65.1 Å². The number of fused-ring (bicyclic) bond motifs is 1. The van der Waals surface area contributed by atoms with Crippen LogP contribution in [-0.4, -0.2) is 20.6 Å². The van der Waals surface area contributed by atoms with Gasteiger partial charge in [0.15, 0.2) is 0 Å². The summed E-state index contributed by atoms with van der Waals surface area (Å²) in [5.74, 6) is 0. The monoisotopic (exact) mass is 356 g/mol. The van der Waals surface area contributed by atoms with Gasteiger partial charge in [0.25, 0.3) is 0 Å². The summed E-state index contributed by atoms with van der Waals surface area (Å²) < 4.78 is 27.9. The van der Waals surface area contributed by atoms with Crippen molar-refractivity contribution in [3.05, 3.63) is 65.7 Å². The van der Waals surface area contributed by atoms with Crippen molar-refractivity contribution in [2.24, 2.45) is 0 Å². The Morgan fingerprint density at radius 3 is 2.24 bits per heavy atom. The van der Waals surface area contributed by atoms with Gasteiger partial charge in [-0.3, -0.25) is 0 Å². The normalized spacial score (nSPS) is 16.7. The molecule has 0 saturated heterocycles. The van der Waals surface area contributed by atoms with Gasteiger partial charge in [-0.25, -0.2) is 8.42 Å². The average Bonchev–Trinajstić information content (AvgIpc) is 2.60. The Morgan fingerprint density at radius 2 is 1.56 bits per heavy atom. The average molecular weight is 356 g/mol. The fraction of sp³-hybridized carbons (Fsp3) is 0.300. The third-order valence-electron chi connectivity index (χ3n) is 5.22. The molecule has 2 aromatic carbocycles. The summed E-state index contributed by atoms with van der Waals surface area (Å²) in [6, 6.07) is 16.6. The number of rotatable bonds is 4. The molecule has 3 rings (SSSR count). The van der Waals surface area contributed by atoms with Crippen molar-refractivity contribution in [2.75, 3.05) is 11.6 Å². The highest BCUT2D eigenvalue weighted by molar-refractivity contribution is 7.89. The second kappa shape index (κ2) is 6.32. The Balaban J connectivity index is 1.95. The molecular weight excluding hydrogens is 332 g/mol. The number of anilines is 1. The molecule has 25 heavy (non-hydrogen) atoms. The number of sulfonamides is 1. The molecule has 0 spiro atoms. The number of para-hydroxylation sites is 1. The van der Waals surface area contributed by atoms with Crippen LogP contribution < -0.4 is 9.62 Å². The van der Waals surface area contributed by atoms with Gasteiger partial charge in [-0.05, 0) is 57.0 Å². The fourth-order valence-corrected chi connectivity index (χ4v) is 4.29. The highest BCUT2D eigenvalue weighted by Gasteiger charge is 2.36. The Morgan fingerprint density at radius 1 is 0.960 bits per heavy atom. The van der Waals surface area contributed by atoms with Crippen molar-refractivity contribution >= 4 is 21.3 Å². The van der Waals surface area contributed by atoms with Gasteiger partial charge < -0.3 is 4.90 Å². The van der Waals surface area contributed by atoms with E-state index in [-0.39, 0.29) is 17.1 Å². The van der Waals surface area contributed by atoms with Gasteiger partial charge in [0.2, 0.25) is 10.0 Å². The zero-order chi connectivity index (χ0) is 18.2. The summed E-state index contributed by atoms with van der Waals surface area (Å²) in [5, 5.41) is 0. The zero-order valence-corrected chi connectivity index (χ0v) is 15.9. The van der Waals surface area contributed by atoms with Crippen molar-refractivity contribution in [2.45, 2.75) is 38.1 Å². The molecule has 0 bridgehead atoms. The lowest BCUT2D eigenvalue weighted by Crippen LogP contribution is -2.52. The maximum atomic E-state index is 12.6. The Kier molecular flexibility index (Phi) is 4.47. The molecule has 1 aliphatic heterocycles. The summed E-state index contributed by atoms with van der Waals surface area (Å²) in [4.78, 5) is 2.40. The Labute approximate surface area is 150 Å². The molecule has 1 N–H and O–H groups in total. The van der Waals surface area contributed by atoms with Crippen molar-refractivity contribution in [1.29, 1.82) is 0 Å². The van der Waals surface area contributed by atoms with E-state index in [1.54, 1.807) is 30.3 Å². The van der Waals surface area contributed by atoms with Crippen LogP contribution in [0.4, 0.5) is 5.69 Å². The van der Waals surface area contributed by atoms with E-state index in [1.807, 2.05) is 18.2 Å². The minimum atomic E-state index is -3.55. The minimum Gasteiger partial charge on any atom is -0.348 e. The molecule has 0 saturated carbocycles. The summed E-state index contributed by atoms with van der Waals surface area (Å²) >= 11 is 0. The molecule has 0 amide bonds. The molecule has 4 nitrogen and oxygen atoms in total. The van der Waals surface area contributed by atoms with E-state index >= 15 is 0 Å². The molecule has 0 atom stereocenters. The molecular formula is C20H24N2O2S. The van der Waals surface area contributed by atoms with Crippen LogP contribution in [-0.2, 0) is 10.0 Å². The van der Waals surface area contributed by atoms with Crippen LogP contribution in [0.25, 0.3) is 5.57 Å². The lowest BCUT2D eigenvalue weighted by atomic mass is 9.82. The van der Waals surface area contributed by atoms with Crippen molar-refractivity contribution in [1.82, 2.24) is 4.72 Å². The van der Waals surface area contributed by atoms with E-state index < -0.39 is 10.0 Å². The lowest BCUT2D eigenvalue weighted by Gasteiger charge is -2.46. The van der Waals surface area contributed by atoms with Crippen LogP contribution in [0.5, 0.6) is 0 Å². The van der Waals surface area contributed by atoms with Gasteiger partial charge in [-0.2, -0.15) is 4.72 Å².